The van der Waals surface area contributed by atoms with Gasteiger partial charge in [-0.2, -0.15) is 0 Å². The highest BCUT2D eigenvalue weighted by Gasteiger charge is 2.12. The molecule has 1 aromatic carbocycles. The third kappa shape index (κ3) is 3.50. The highest BCUT2D eigenvalue weighted by molar-refractivity contribution is 5.98. The maximum Gasteiger partial charge on any atom is 0.0841 e. The number of nitrogens with zero attached hydrogens (tertiary/aromatic N) is 2. The van der Waals surface area contributed by atoms with Gasteiger partial charge in [-0.25, -0.2) is 0 Å². The minimum atomic E-state index is 0.179. The standard InChI is InChI=1S/C17H20N2/c1-13(16-7-5-6-12-18-16)19-15-10-8-14(9-11-15)17(2,3)4/h5-12H,1-4H3. The highest BCUT2D eigenvalue weighted by atomic mass is 14.8. The summed E-state index contributed by atoms with van der Waals surface area (Å²) in [4.78, 5) is 8.91. The van der Waals surface area contributed by atoms with Gasteiger partial charge in [0, 0.05) is 6.20 Å². The van der Waals surface area contributed by atoms with Crippen molar-refractivity contribution in [1.29, 1.82) is 0 Å². The Bertz CT molecular complexity index is 560. The molecule has 98 valence electrons. The van der Waals surface area contributed by atoms with E-state index in [-0.39, 0.29) is 5.41 Å². The van der Waals surface area contributed by atoms with Gasteiger partial charge in [-0.3, -0.25) is 9.98 Å². The molecule has 0 radical (unpaired) electrons. The molecule has 0 N–H and O–H groups in total. The molecule has 0 bridgehead atoms. The maximum absolute atomic E-state index is 4.61. The lowest BCUT2D eigenvalue weighted by molar-refractivity contribution is 0.590. The molecule has 2 heteroatoms. The number of aliphatic imine (C=N–C) groups is 1. The van der Waals surface area contributed by atoms with E-state index in [9.17, 15) is 0 Å². The van der Waals surface area contributed by atoms with Crippen LogP contribution in [0.1, 0.15) is 39.0 Å². The summed E-state index contributed by atoms with van der Waals surface area (Å²) in [5.41, 5.74) is 4.32. The van der Waals surface area contributed by atoms with Gasteiger partial charge in [0.2, 0.25) is 0 Å². The fraction of sp³-hybridized carbons (Fsp3) is 0.294. The zero-order valence-corrected chi connectivity index (χ0v) is 12.0. The average molecular weight is 252 g/mol. The molecule has 0 amide bonds. The molecule has 0 fully saturated rings. The number of rotatable bonds is 2. The predicted molar refractivity (Wildman–Crippen MR) is 81.3 cm³/mol. The molecule has 2 nitrogen and oxygen atoms in total. The van der Waals surface area contributed by atoms with E-state index in [1.54, 1.807) is 6.20 Å². The van der Waals surface area contributed by atoms with Crippen LogP contribution in [0.15, 0.2) is 53.7 Å². The second kappa shape index (κ2) is 5.35. The number of pyridine rings is 1. The minimum absolute atomic E-state index is 0.179. The first-order valence-corrected chi connectivity index (χ1v) is 6.54. The molecule has 0 aliphatic heterocycles. The van der Waals surface area contributed by atoms with Crippen molar-refractivity contribution >= 4 is 11.4 Å². The Morgan fingerprint density at radius 3 is 2.21 bits per heavy atom. The smallest absolute Gasteiger partial charge is 0.0841 e. The van der Waals surface area contributed by atoms with E-state index in [2.05, 4.69) is 55.0 Å². The van der Waals surface area contributed by atoms with E-state index in [0.717, 1.165) is 17.1 Å². The van der Waals surface area contributed by atoms with Crippen molar-refractivity contribution < 1.29 is 0 Å². The summed E-state index contributed by atoms with van der Waals surface area (Å²) in [6.45, 7) is 8.62. The second-order valence-electron chi connectivity index (χ2n) is 5.71. The topological polar surface area (TPSA) is 25.2 Å². The maximum atomic E-state index is 4.61. The summed E-state index contributed by atoms with van der Waals surface area (Å²) < 4.78 is 0. The molecule has 2 aromatic rings. The van der Waals surface area contributed by atoms with Gasteiger partial charge in [-0.1, -0.05) is 39.0 Å². The Hall–Kier alpha value is -1.96. The molecule has 0 atom stereocenters. The van der Waals surface area contributed by atoms with Gasteiger partial charge in [0.1, 0.15) is 0 Å². The van der Waals surface area contributed by atoms with Crippen LogP contribution in [0.4, 0.5) is 5.69 Å². The normalized spacial score (nSPS) is 12.5. The van der Waals surface area contributed by atoms with Gasteiger partial charge in [-0.05, 0) is 42.2 Å². The summed E-state index contributed by atoms with van der Waals surface area (Å²) in [7, 11) is 0. The molecule has 19 heavy (non-hydrogen) atoms. The van der Waals surface area contributed by atoms with Crippen LogP contribution in [0.5, 0.6) is 0 Å². The first-order valence-electron chi connectivity index (χ1n) is 6.54. The van der Waals surface area contributed by atoms with Crippen LogP contribution in [0, 0.1) is 0 Å². The Morgan fingerprint density at radius 2 is 1.68 bits per heavy atom. The largest absolute Gasteiger partial charge is 0.255 e. The number of hydrogen-bond acceptors (Lipinski definition) is 2. The lowest BCUT2D eigenvalue weighted by Gasteiger charge is -2.18. The number of hydrogen-bond donors (Lipinski definition) is 0. The lowest BCUT2D eigenvalue weighted by atomic mass is 9.87. The summed E-state index contributed by atoms with van der Waals surface area (Å²) in [6.07, 6.45) is 1.79. The molecule has 0 unspecified atom stereocenters. The Morgan fingerprint density at radius 1 is 1.00 bits per heavy atom. The monoisotopic (exact) mass is 252 g/mol. The Labute approximate surface area is 115 Å². The quantitative estimate of drug-likeness (QED) is 0.721. The zero-order chi connectivity index (χ0) is 13.9. The molecule has 0 aliphatic carbocycles. The first-order chi connectivity index (χ1) is 8.97. The van der Waals surface area contributed by atoms with Crippen LogP contribution in [0.25, 0.3) is 0 Å². The van der Waals surface area contributed by atoms with E-state index in [1.165, 1.54) is 5.56 Å². The molecular formula is C17H20N2. The van der Waals surface area contributed by atoms with Gasteiger partial charge in [0.25, 0.3) is 0 Å². The molecule has 0 saturated carbocycles. The van der Waals surface area contributed by atoms with Gasteiger partial charge in [0.05, 0.1) is 17.1 Å². The molecular weight excluding hydrogens is 232 g/mol. The van der Waals surface area contributed by atoms with Gasteiger partial charge in [0.15, 0.2) is 0 Å². The van der Waals surface area contributed by atoms with Crippen molar-refractivity contribution in [3.8, 4) is 0 Å². The summed E-state index contributed by atoms with van der Waals surface area (Å²) in [5, 5.41) is 0. The Balaban J connectivity index is 2.24. The van der Waals surface area contributed by atoms with Crippen LogP contribution in [-0.2, 0) is 5.41 Å². The van der Waals surface area contributed by atoms with E-state index >= 15 is 0 Å². The fourth-order valence-corrected chi connectivity index (χ4v) is 1.86. The third-order valence-corrected chi connectivity index (χ3v) is 3.07. The van der Waals surface area contributed by atoms with Crippen LogP contribution in [-0.4, -0.2) is 10.7 Å². The zero-order valence-electron chi connectivity index (χ0n) is 12.0. The van der Waals surface area contributed by atoms with Crippen LogP contribution in [0.2, 0.25) is 0 Å². The van der Waals surface area contributed by atoms with Crippen molar-refractivity contribution in [3.63, 3.8) is 0 Å². The van der Waals surface area contributed by atoms with Crippen LogP contribution >= 0.6 is 0 Å². The third-order valence-electron chi connectivity index (χ3n) is 3.07. The molecule has 2 rings (SSSR count). The van der Waals surface area contributed by atoms with E-state index in [4.69, 9.17) is 0 Å². The molecule has 0 aliphatic rings. The molecule has 1 aromatic heterocycles. The number of aromatic nitrogens is 1. The van der Waals surface area contributed by atoms with Crippen LogP contribution in [0.3, 0.4) is 0 Å². The van der Waals surface area contributed by atoms with Crippen molar-refractivity contribution in [2.75, 3.05) is 0 Å². The van der Waals surface area contributed by atoms with Crippen molar-refractivity contribution in [1.82, 2.24) is 4.98 Å². The molecule has 0 saturated heterocycles. The van der Waals surface area contributed by atoms with E-state index in [0.29, 0.717) is 0 Å². The fourth-order valence-electron chi connectivity index (χ4n) is 1.86. The summed E-state index contributed by atoms with van der Waals surface area (Å²) >= 11 is 0. The van der Waals surface area contributed by atoms with Crippen molar-refractivity contribution in [3.05, 3.63) is 59.9 Å². The second-order valence-corrected chi connectivity index (χ2v) is 5.71. The summed E-state index contributed by atoms with van der Waals surface area (Å²) in [6, 6.07) is 14.3. The SMILES string of the molecule is CC(=Nc1ccc(C(C)(C)C)cc1)c1ccccn1. The van der Waals surface area contributed by atoms with Crippen molar-refractivity contribution in [2.24, 2.45) is 4.99 Å². The van der Waals surface area contributed by atoms with E-state index in [1.807, 2.05) is 25.1 Å². The van der Waals surface area contributed by atoms with Crippen LogP contribution < -0.4 is 0 Å². The van der Waals surface area contributed by atoms with Gasteiger partial charge < -0.3 is 0 Å². The molecule has 1 heterocycles. The highest BCUT2D eigenvalue weighted by Crippen LogP contribution is 2.24. The van der Waals surface area contributed by atoms with Crippen molar-refractivity contribution in [2.45, 2.75) is 33.1 Å². The predicted octanol–water partition coefficient (Wildman–Crippen LogP) is 4.52. The van der Waals surface area contributed by atoms with Gasteiger partial charge in [-0.15, -0.1) is 0 Å². The summed E-state index contributed by atoms with van der Waals surface area (Å²) in [5.74, 6) is 0. The first kappa shape index (κ1) is 13.5. The van der Waals surface area contributed by atoms with Gasteiger partial charge >= 0.3 is 0 Å². The minimum Gasteiger partial charge on any atom is -0.255 e. The lowest BCUT2D eigenvalue weighted by Crippen LogP contribution is -2.10. The molecule has 0 spiro atoms. The number of benzene rings is 1. The average Bonchev–Trinajstić information content (AvgIpc) is 2.39. The Kier molecular flexibility index (Phi) is 3.79. The van der Waals surface area contributed by atoms with E-state index < -0.39 is 0 Å².